The molecule has 0 aliphatic rings. The Kier molecular flexibility index (Phi) is 3.60. The molecule has 0 fully saturated rings. The molecule has 0 radical (unpaired) electrons. The molecule has 0 aliphatic carbocycles. The van der Waals surface area contributed by atoms with Crippen molar-refractivity contribution in [1.82, 2.24) is 9.55 Å². The average Bonchev–Trinajstić information content (AvgIpc) is 3.13. The fraction of sp³-hybridized carbons (Fsp3) is 0.0667. The van der Waals surface area contributed by atoms with E-state index >= 15 is 0 Å². The van der Waals surface area contributed by atoms with Crippen molar-refractivity contribution in [2.24, 2.45) is 0 Å². The molecule has 2 heterocycles. The van der Waals surface area contributed by atoms with Gasteiger partial charge in [-0.15, -0.1) is 0 Å². The maximum atomic E-state index is 12.0. The third-order valence-electron chi connectivity index (χ3n) is 2.92. The first-order chi connectivity index (χ1) is 9.81. The van der Waals surface area contributed by atoms with Crippen LogP contribution >= 0.6 is 11.3 Å². The van der Waals surface area contributed by atoms with E-state index < -0.39 is 0 Å². The number of hydrogen-bond donors (Lipinski definition) is 1. The minimum Gasteiger partial charge on any atom is -0.333 e. The lowest BCUT2D eigenvalue weighted by Crippen LogP contribution is -2.11. The van der Waals surface area contributed by atoms with Crippen molar-refractivity contribution in [2.45, 2.75) is 6.54 Å². The first kappa shape index (κ1) is 12.6. The van der Waals surface area contributed by atoms with E-state index in [1.807, 2.05) is 51.9 Å². The van der Waals surface area contributed by atoms with Gasteiger partial charge in [0.1, 0.15) is 0 Å². The van der Waals surface area contributed by atoms with Crippen LogP contribution in [0.25, 0.3) is 0 Å². The number of nitrogens with one attached hydrogen (secondary N) is 1. The standard InChI is InChI=1S/C15H13N3OS/c19-15(17-14-5-8-20-10-14)13-3-1-12(2-4-13)9-18-7-6-16-11-18/h1-8,10-11H,9H2,(H,17,19). The Morgan fingerprint density at radius 2 is 2.10 bits per heavy atom. The van der Waals surface area contributed by atoms with Gasteiger partial charge in [0.25, 0.3) is 5.91 Å². The highest BCUT2D eigenvalue weighted by molar-refractivity contribution is 7.08. The largest absolute Gasteiger partial charge is 0.333 e. The molecular formula is C15H13N3OS. The summed E-state index contributed by atoms with van der Waals surface area (Å²) in [6.45, 7) is 0.756. The number of rotatable bonds is 4. The Balaban J connectivity index is 1.68. The molecule has 3 rings (SSSR count). The third-order valence-corrected chi connectivity index (χ3v) is 3.60. The molecule has 2 aromatic heterocycles. The molecule has 20 heavy (non-hydrogen) atoms. The number of anilines is 1. The molecule has 5 heteroatoms. The molecule has 3 aromatic rings. The first-order valence-electron chi connectivity index (χ1n) is 6.19. The summed E-state index contributed by atoms with van der Waals surface area (Å²) in [5.41, 5.74) is 2.63. The van der Waals surface area contributed by atoms with Gasteiger partial charge in [0.05, 0.1) is 12.0 Å². The SMILES string of the molecule is O=C(Nc1ccsc1)c1ccc(Cn2ccnc2)cc1. The zero-order chi connectivity index (χ0) is 13.8. The summed E-state index contributed by atoms with van der Waals surface area (Å²) in [5.74, 6) is -0.0856. The van der Waals surface area contributed by atoms with Crippen molar-refractivity contribution in [3.05, 3.63) is 70.9 Å². The lowest BCUT2D eigenvalue weighted by atomic mass is 10.1. The van der Waals surface area contributed by atoms with E-state index in [1.165, 1.54) is 0 Å². The molecular weight excluding hydrogens is 270 g/mol. The smallest absolute Gasteiger partial charge is 0.255 e. The average molecular weight is 283 g/mol. The van der Waals surface area contributed by atoms with Gasteiger partial charge in [-0.1, -0.05) is 12.1 Å². The van der Waals surface area contributed by atoms with Crippen LogP contribution in [0.2, 0.25) is 0 Å². The molecule has 1 aromatic carbocycles. The van der Waals surface area contributed by atoms with Gasteiger partial charge >= 0.3 is 0 Å². The van der Waals surface area contributed by atoms with Crippen LogP contribution in [-0.4, -0.2) is 15.5 Å². The number of aromatic nitrogens is 2. The van der Waals surface area contributed by atoms with Crippen LogP contribution in [-0.2, 0) is 6.54 Å². The quantitative estimate of drug-likeness (QED) is 0.799. The zero-order valence-electron chi connectivity index (χ0n) is 10.7. The van der Waals surface area contributed by atoms with Crippen LogP contribution in [0, 0.1) is 0 Å². The van der Waals surface area contributed by atoms with E-state index in [0.29, 0.717) is 5.56 Å². The number of carbonyl (C=O) groups excluding carboxylic acids is 1. The number of imidazole rings is 1. The first-order valence-corrected chi connectivity index (χ1v) is 7.14. The van der Waals surface area contributed by atoms with Gasteiger partial charge in [-0.05, 0) is 29.1 Å². The predicted molar refractivity (Wildman–Crippen MR) is 80.0 cm³/mol. The topological polar surface area (TPSA) is 46.9 Å². The molecule has 100 valence electrons. The highest BCUT2D eigenvalue weighted by atomic mass is 32.1. The fourth-order valence-electron chi connectivity index (χ4n) is 1.89. The van der Waals surface area contributed by atoms with E-state index in [9.17, 15) is 4.79 Å². The monoisotopic (exact) mass is 283 g/mol. The Hall–Kier alpha value is -2.40. The summed E-state index contributed by atoms with van der Waals surface area (Å²) in [4.78, 5) is 16.0. The summed E-state index contributed by atoms with van der Waals surface area (Å²) >= 11 is 1.56. The summed E-state index contributed by atoms with van der Waals surface area (Å²) in [6.07, 6.45) is 5.44. The molecule has 0 spiro atoms. The van der Waals surface area contributed by atoms with Crippen molar-refractivity contribution in [3.8, 4) is 0 Å². The van der Waals surface area contributed by atoms with E-state index in [-0.39, 0.29) is 5.91 Å². The van der Waals surface area contributed by atoms with Gasteiger partial charge in [-0.2, -0.15) is 11.3 Å². The van der Waals surface area contributed by atoms with Gasteiger partial charge in [0.15, 0.2) is 0 Å². The molecule has 0 saturated heterocycles. The van der Waals surface area contributed by atoms with Crippen LogP contribution < -0.4 is 5.32 Å². The Morgan fingerprint density at radius 3 is 2.75 bits per heavy atom. The molecule has 1 amide bonds. The molecule has 0 atom stereocenters. The van der Waals surface area contributed by atoms with Crippen LogP contribution in [0.15, 0.2) is 59.8 Å². The summed E-state index contributed by atoms with van der Waals surface area (Å²) in [5, 5.41) is 6.70. The van der Waals surface area contributed by atoms with Gasteiger partial charge in [-0.3, -0.25) is 4.79 Å². The maximum Gasteiger partial charge on any atom is 0.255 e. The summed E-state index contributed by atoms with van der Waals surface area (Å²) in [6, 6.07) is 9.49. The van der Waals surface area contributed by atoms with E-state index in [2.05, 4.69) is 10.3 Å². The number of nitrogens with zero attached hydrogens (tertiary/aromatic N) is 2. The van der Waals surface area contributed by atoms with Crippen LogP contribution in [0.1, 0.15) is 15.9 Å². The van der Waals surface area contributed by atoms with Gasteiger partial charge in [0, 0.05) is 29.9 Å². The number of carbonyl (C=O) groups is 1. The minimum atomic E-state index is -0.0856. The Labute approximate surface area is 120 Å². The molecule has 0 saturated carbocycles. The lowest BCUT2D eigenvalue weighted by molar-refractivity contribution is 0.102. The number of thiophene rings is 1. The van der Waals surface area contributed by atoms with Crippen molar-refractivity contribution >= 4 is 22.9 Å². The summed E-state index contributed by atoms with van der Waals surface area (Å²) < 4.78 is 1.99. The Bertz CT molecular complexity index is 673. The molecule has 0 unspecified atom stereocenters. The molecule has 1 N–H and O–H groups in total. The van der Waals surface area contributed by atoms with Gasteiger partial charge < -0.3 is 9.88 Å². The fourth-order valence-corrected chi connectivity index (χ4v) is 2.48. The van der Waals surface area contributed by atoms with Crippen molar-refractivity contribution in [2.75, 3.05) is 5.32 Å². The Morgan fingerprint density at radius 1 is 1.25 bits per heavy atom. The second-order valence-electron chi connectivity index (χ2n) is 4.40. The number of amides is 1. The molecule has 0 bridgehead atoms. The van der Waals surface area contributed by atoms with E-state index in [4.69, 9.17) is 0 Å². The predicted octanol–water partition coefficient (Wildman–Crippen LogP) is 3.25. The van der Waals surface area contributed by atoms with Crippen LogP contribution in [0.5, 0.6) is 0 Å². The minimum absolute atomic E-state index is 0.0856. The van der Waals surface area contributed by atoms with Gasteiger partial charge in [0.2, 0.25) is 0 Å². The van der Waals surface area contributed by atoms with E-state index in [0.717, 1.165) is 17.8 Å². The van der Waals surface area contributed by atoms with Crippen LogP contribution in [0.3, 0.4) is 0 Å². The second-order valence-corrected chi connectivity index (χ2v) is 5.18. The highest BCUT2D eigenvalue weighted by Crippen LogP contribution is 2.14. The van der Waals surface area contributed by atoms with Crippen molar-refractivity contribution < 1.29 is 4.79 Å². The maximum absolute atomic E-state index is 12.0. The molecule has 4 nitrogen and oxygen atoms in total. The second kappa shape index (κ2) is 5.71. The number of benzene rings is 1. The van der Waals surface area contributed by atoms with E-state index in [1.54, 1.807) is 23.9 Å². The normalized spacial score (nSPS) is 10.4. The number of hydrogen-bond acceptors (Lipinski definition) is 3. The highest BCUT2D eigenvalue weighted by Gasteiger charge is 2.06. The van der Waals surface area contributed by atoms with Crippen molar-refractivity contribution in [1.29, 1.82) is 0 Å². The zero-order valence-corrected chi connectivity index (χ0v) is 11.5. The molecule has 0 aliphatic heterocycles. The van der Waals surface area contributed by atoms with Crippen molar-refractivity contribution in [3.63, 3.8) is 0 Å². The van der Waals surface area contributed by atoms with Gasteiger partial charge in [-0.25, -0.2) is 4.98 Å². The lowest BCUT2D eigenvalue weighted by Gasteiger charge is -2.05. The van der Waals surface area contributed by atoms with Crippen LogP contribution in [0.4, 0.5) is 5.69 Å². The summed E-state index contributed by atoms with van der Waals surface area (Å²) in [7, 11) is 0. The third kappa shape index (κ3) is 2.95.